The number of carbonyl (C=O) groups is 1. The summed E-state index contributed by atoms with van der Waals surface area (Å²) in [6.07, 6.45) is 5.02. The van der Waals surface area contributed by atoms with Gasteiger partial charge in [0.15, 0.2) is 0 Å². The monoisotopic (exact) mass is 593 g/mol. The van der Waals surface area contributed by atoms with Crippen molar-refractivity contribution >= 4 is 28.2 Å². The van der Waals surface area contributed by atoms with Gasteiger partial charge in [-0.05, 0) is 69.2 Å². The van der Waals surface area contributed by atoms with Crippen molar-refractivity contribution in [3.8, 4) is 12.1 Å². The second kappa shape index (κ2) is 12.8. The van der Waals surface area contributed by atoms with Crippen LogP contribution in [-0.2, 0) is 17.8 Å². The number of ether oxygens (including phenoxy) is 1. The zero-order valence-corrected chi connectivity index (χ0v) is 26.2. The number of hydrogen-bond acceptors (Lipinski definition) is 8. The fourth-order valence-corrected chi connectivity index (χ4v) is 6.85. The molecule has 1 saturated heterocycles. The molecule has 0 radical (unpaired) electrons. The third-order valence-electron chi connectivity index (χ3n) is 9.70. The fraction of sp³-hybridized carbons (Fsp3) is 0.486. The summed E-state index contributed by atoms with van der Waals surface area (Å²) in [5.74, 6) is 1.53. The zero-order valence-electron chi connectivity index (χ0n) is 26.2. The molecular formula is C35H43N7O2. The molecule has 2 aliphatic heterocycles. The Labute approximate surface area is 260 Å². The molecule has 1 aliphatic carbocycles. The molecule has 2 fully saturated rings. The second-order valence-electron chi connectivity index (χ2n) is 12.5. The Morgan fingerprint density at radius 1 is 1.18 bits per heavy atom. The molecule has 0 bridgehead atoms. The number of rotatable bonds is 10. The van der Waals surface area contributed by atoms with Crippen molar-refractivity contribution in [1.82, 2.24) is 19.8 Å². The number of benzene rings is 2. The molecule has 1 unspecified atom stereocenters. The Bertz CT molecular complexity index is 1570. The topological polar surface area (TPSA) is 88.8 Å². The zero-order chi connectivity index (χ0) is 30.8. The van der Waals surface area contributed by atoms with Crippen molar-refractivity contribution in [3.63, 3.8) is 0 Å². The summed E-state index contributed by atoms with van der Waals surface area (Å²) >= 11 is 0. The minimum absolute atomic E-state index is 0.135. The van der Waals surface area contributed by atoms with Crippen molar-refractivity contribution in [2.75, 3.05) is 56.2 Å². The number of carbonyl (C=O) groups excluding carboxylic acids is 1. The van der Waals surface area contributed by atoms with Gasteiger partial charge in [-0.2, -0.15) is 15.2 Å². The lowest BCUT2D eigenvalue weighted by Crippen LogP contribution is -2.55. The van der Waals surface area contributed by atoms with Crippen LogP contribution in [0.3, 0.4) is 0 Å². The standard InChI is InChI=1S/C35H43N7O2/c1-5-32(43)42-19-18-41(22-28(42)14-16-36)34-29-15-17-40(31-11-7-10-27-9-6-8-24(2)33(27)31)23-30(29)37-35(38-34)44-21-20-39(4)25(3)26-12-13-26/h5-11,25-26,28H,1,12-15,17-23H2,2-4H3/t25-,28?/m0/s1. The number of fused-ring (bicyclic) bond motifs is 2. The van der Waals surface area contributed by atoms with Crippen LogP contribution in [0.15, 0.2) is 49.1 Å². The molecule has 1 aromatic heterocycles. The van der Waals surface area contributed by atoms with E-state index in [1.807, 2.05) is 0 Å². The highest BCUT2D eigenvalue weighted by Crippen LogP contribution is 2.36. The highest BCUT2D eigenvalue weighted by molar-refractivity contribution is 5.97. The van der Waals surface area contributed by atoms with Gasteiger partial charge in [-0.15, -0.1) is 0 Å². The first-order valence-electron chi connectivity index (χ1n) is 15.9. The molecule has 1 amide bonds. The maximum atomic E-state index is 12.6. The predicted octanol–water partition coefficient (Wildman–Crippen LogP) is 4.73. The van der Waals surface area contributed by atoms with Crippen LogP contribution in [0.1, 0.15) is 43.0 Å². The molecule has 0 spiro atoms. The van der Waals surface area contributed by atoms with Gasteiger partial charge < -0.3 is 24.3 Å². The Morgan fingerprint density at radius 3 is 2.73 bits per heavy atom. The highest BCUT2D eigenvalue weighted by atomic mass is 16.5. The number of nitrogens with zero attached hydrogens (tertiary/aromatic N) is 7. The quantitative estimate of drug-likeness (QED) is 0.312. The third kappa shape index (κ3) is 6.09. The highest BCUT2D eigenvalue weighted by Gasteiger charge is 2.34. The van der Waals surface area contributed by atoms with Crippen molar-refractivity contribution in [2.24, 2.45) is 5.92 Å². The van der Waals surface area contributed by atoms with Crippen LogP contribution < -0.4 is 14.5 Å². The summed E-state index contributed by atoms with van der Waals surface area (Å²) in [5.41, 5.74) is 4.58. The molecular weight excluding hydrogens is 550 g/mol. The van der Waals surface area contributed by atoms with E-state index in [9.17, 15) is 10.1 Å². The van der Waals surface area contributed by atoms with E-state index in [4.69, 9.17) is 14.7 Å². The summed E-state index contributed by atoms with van der Waals surface area (Å²) < 4.78 is 6.27. The van der Waals surface area contributed by atoms with E-state index in [0.717, 1.165) is 42.5 Å². The van der Waals surface area contributed by atoms with Gasteiger partial charge in [0.1, 0.15) is 12.4 Å². The Morgan fingerprint density at radius 2 is 1.98 bits per heavy atom. The number of anilines is 2. The molecule has 3 aromatic rings. The van der Waals surface area contributed by atoms with Crippen molar-refractivity contribution in [1.29, 1.82) is 5.26 Å². The van der Waals surface area contributed by atoms with Gasteiger partial charge in [-0.25, -0.2) is 0 Å². The number of aromatic nitrogens is 2. The normalized spacial score (nSPS) is 19.1. The van der Waals surface area contributed by atoms with E-state index in [0.29, 0.717) is 44.8 Å². The lowest BCUT2D eigenvalue weighted by molar-refractivity contribution is -0.128. The van der Waals surface area contributed by atoms with Crippen LogP contribution in [0.25, 0.3) is 10.8 Å². The summed E-state index contributed by atoms with van der Waals surface area (Å²) in [4.78, 5) is 31.3. The van der Waals surface area contributed by atoms with Crippen LogP contribution in [0.4, 0.5) is 11.5 Å². The van der Waals surface area contributed by atoms with E-state index in [2.05, 4.69) is 84.6 Å². The van der Waals surface area contributed by atoms with E-state index < -0.39 is 0 Å². The van der Waals surface area contributed by atoms with E-state index >= 15 is 0 Å². The molecule has 44 heavy (non-hydrogen) atoms. The van der Waals surface area contributed by atoms with E-state index in [1.54, 1.807) is 4.90 Å². The number of amides is 1. The molecule has 2 atom stereocenters. The van der Waals surface area contributed by atoms with E-state index in [-0.39, 0.29) is 18.4 Å². The summed E-state index contributed by atoms with van der Waals surface area (Å²) in [6.45, 7) is 12.6. The number of piperazine rings is 1. The number of likely N-dealkylation sites (N-methyl/N-ethyl adjacent to an activating group) is 1. The van der Waals surface area contributed by atoms with Crippen LogP contribution in [0, 0.1) is 24.2 Å². The first-order chi connectivity index (χ1) is 21.4. The minimum atomic E-state index is -0.231. The maximum absolute atomic E-state index is 12.6. The molecule has 9 nitrogen and oxygen atoms in total. The van der Waals surface area contributed by atoms with Gasteiger partial charge in [0.25, 0.3) is 0 Å². The van der Waals surface area contributed by atoms with Gasteiger partial charge in [-0.3, -0.25) is 4.79 Å². The second-order valence-corrected chi connectivity index (χ2v) is 12.5. The Kier molecular flexibility index (Phi) is 8.72. The summed E-state index contributed by atoms with van der Waals surface area (Å²) in [6, 6.07) is 15.9. The van der Waals surface area contributed by atoms with Crippen LogP contribution in [0.5, 0.6) is 6.01 Å². The molecule has 9 heteroatoms. The lowest BCUT2D eigenvalue weighted by Gasteiger charge is -2.42. The summed E-state index contributed by atoms with van der Waals surface area (Å²) in [7, 11) is 2.16. The molecule has 2 aromatic carbocycles. The molecule has 1 saturated carbocycles. The van der Waals surface area contributed by atoms with Gasteiger partial charge in [0.05, 0.1) is 30.8 Å². The average Bonchev–Trinajstić information content (AvgIpc) is 3.89. The van der Waals surface area contributed by atoms with Gasteiger partial charge in [0, 0.05) is 55.4 Å². The maximum Gasteiger partial charge on any atom is 0.318 e. The number of aryl methyl sites for hydroxylation is 1. The molecule has 3 heterocycles. The van der Waals surface area contributed by atoms with Crippen molar-refractivity contribution in [2.45, 2.75) is 58.2 Å². The van der Waals surface area contributed by atoms with E-state index in [1.165, 1.54) is 40.9 Å². The van der Waals surface area contributed by atoms with Crippen LogP contribution >= 0.6 is 0 Å². The Balaban J connectivity index is 1.30. The molecule has 0 N–H and O–H groups in total. The number of hydrogen-bond donors (Lipinski definition) is 0. The first kappa shape index (κ1) is 29.9. The van der Waals surface area contributed by atoms with Gasteiger partial charge in [-0.1, -0.05) is 36.9 Å². The van der Waals surface area contributed by atoms with Gasteiger partial charge in [0.2, 0.25) is 5.91 Å². The molecule has 3 aliphatic rings. The van der Waals surface area contributed by atoms with Gasteiger partial charge >= 0.3 is 6.01 Å². The molecule has 6 rings (SSSR count). The average molecular weight is 594 g/mol. The Hall–Kier alpha value is -4.16. The number of nitriles is 1. The molecule has 230 valence electrons. The first-order valence-corrected chi connectivity index (χ1v) is 15.9. The smallest absolute Gasteiger partial charge is 0.318 e. The fourth-order valence-electron chi connectivity index (χ4n) is 6.85. The SMILES string of the molecule is C=CC(=O)N1CCN(c2nc(OCCN(C)[C@@H](C)C3CC3)nc3c2CCN(c2cccc4cccc(C)c24)C3)CC1CC#N. The minimum Gasteiger partial charge on any atom is -0.462 e. The van der Waals surface area contributed by atoms with Crippen LogP contribution in [0.2, 0.25) is 0 Å². The third-order valence-corrected chi connectivity index (χ3v) is 9.70. The lowest BCUT2D eigenvalue weighted by atomic mass is 9.99. The predicted molar refractivity (Wildman–Crippen MR) is 174 cm³/mol. The van der Waals surface area contributed by atoms with Crippen molar-refractivity contribution in [3.05, 3.63) is 65.9 Å². The van der Waals surface area contributed by atoms with Crippen molar-refractivity contribution < 1.29 is 9.53 Å². The largest absolute Gasteiger partial charge is 0.462 e. The summed E-state index contributed by atoms with van der Waals surface area (Å²) in [5, 5.41) is 12.1. The van der Waals surface area contributed by atoms with Crippen LogP contribution in [-0.4, -0.2) is 84.1 Å².